The average molecular weight is 437 g/mol. The molecule has 2 N–H and O–H groups in total. The van der Waals surface area contributed by atoms with Gasteiger partial charge < -0.3 is 5.32 Å². The van der Waals surface area contributed by atoms with Crippen molar-refractivity contribution in [2.75, 3.05) is 6.54 Å². The lowest BCUT2D eigenvalue weighted by Gasteiger charge is -2.09. The summed E-state index contributed by atoms with van der Waals surface area (Å²) in [5.41, 5.74) is 2.85. The lowest BCUT2D eigenvalue weighted by molar-refractivity contribution is 0.0953. The number of hydrogen-bond acceptors (Lipinski definition) is 4. The number of sulfonamides is 1. The van der Waals surface area contributed by atoms with Crippen LogP contribution in [0, 0.1) is 0 Å². The number of ketones is 1. The van der Waals surface area contributed by atoms with Gasteiger partial charge in [-0.1, -0.05) is 54.6 Å². The SMILES string of the molecule is CC(=O)c1ccc(S(=O)(=O)NCc2ccc(C(=O)NCCc3ccccc3)cc2)cc1. The van der Waals surface area contributed by atoms with Gasteiger partial charge in [0.05, 0.1) is 4.90 Å². The highest BCUT2D eigenvalue weighted by Crippen LogP contribution is 2.12. The Kier molecular flexibility index (Phi) is 7.33. The number of Topliss-reactive ketones (excluding diaryl/α,β-unsaturated/α-hetero) is 1. The monoisotopic (exact) mass is 436 g/mol. The third kappa shape index (κ3) is 6.34. The number of amides is 1. The lowest BCUT2D eigenvalue weighted by Crippen LogP contribution is -2.26. The second kappa shape index (κ2) is 10.1. The molecule has 0 saturated heterocycles. The molecule has 3 rings (SSSR count). The first-order valence-corrected chi connectivity index (χ1v) is 11.4. The lowest BCUT2D eigenvalue weighted by atomic mass is 10.1. The molecule has 0 aliphatic heterocycles. The molecule has 3 aromatic rings. The van der Waals surface area contributed by atoms with Gasteiger partial charge in [-0.3, -0.25) is 9.59 Å². The maximum atomic E-state index is 12.4. The van der Waals surface area contributed by atoms with Crippen molar-refractivity contribution in [3.05, 3.63) is 101 Å². The Morgan fingerprint density at radius 1 is 0.774 bits per heavy atom. The van der Waals surface area contributed by atoms with Crippen LogP contribution in [0.3, 0.4) is 0 Å². The highest BCUT2D eigenvalue weighted by molar-refractivity contribution is 7.89. The van der Waals surface area contributed by atoms with E-state index >= 15 is 0 Å². The third-order valence-electron chi connectivity index (χ3n) is 4.80. The van der Waals surface area contributed by atoms with Crippen LogP contribution in [0.4, 0.5) is 0 Å². The number of rotatable bonds is 9. The normalized spacial score (nSPS) is 11.1. The Balaban J connectivity index is 1.52. The van der Waals surface area contributed by atoms with Crippen molar-refractivity contribution in [1.82, 2.24) is 10.0 Å². The van der Waals surface area contributed by atoms with Crippen molar-refractivity contribution in [1.29, 1.82) is 0 Å². The summed E-state index contributed by atoms with van der Waals surface area (Å²) >= 11 is 0. The molecule has 0 aliphatic rings. The van der Waals surface area contributed by atoms with E-state index in [-0.39, 0.29) is 23.1 Å². The summed E-state index contributed by atoms with van der Waals surface area (Å²) in [7, 11) is -3.71. The van der Waals surface area contributed by atoms with Gasteiger partial charge in [0, 0.05) is 24.2 Å². The number of benzene rings is 3. The van der Waals surface area contributed by atoms with E-state index in [2.05, 4.69) is 10.0 Å². The summed E-state index contributed by atoms with van der Waals surface area (Å²) in [5, 5.41) is 2.88. The summed E-state index contributed by atoms with van der Waals surface area (Å²) < 4.78 is 27.4. The zero-order chi connectivity index (χ0) is 22.3. The summed E-state index contributed by atoms with van der Waals surface area (Å²) in [6, 6.07) is 22.5. The van der Waals surface area contributed by atoms with Crippen LogP contribution >= 0.6 is 0 Å². The Morgan fingerprint density at radius 2 is 1.39 bits per heavy atom. The zero-order valence-corrected chi connectivity index (χ0v) is 18.0. The number of carbonyl (C=O) groups is 2. The molecule has 0 heterocycles. The summed E-state index contributed by atoms with van der Waals surface area (Å²) in [6.45, 7) is 2.05. The number of nitrogens with one attached hydrogen (secondary N) is 2. The molecule has 160 valence electrons. The molecule has 31 heavy (non-hydrogen) atoms. The fourth-order valence-electron chi connectivity index (χ4n) is 2.97. The quantitative estimate of drug-likeness (QED) is 0.503. The van der Waals surface area contributed by atoms with Crippen LogP contribution in [0.2, 0.25) is 0 Å². The second-order valence-electron chi connectivity index (χ2n) is 7.09. The second-order valence-corrected chi connectivity index (χ2v) is 8.86. The van der Waals surface area contributed by atoms with E-state index in [4.69, 9.17) is 0 Å². The Hall–Kier alpha value is -3.29. The van der Waals surface area contributed by atoms with Gasteiger partial charge in [-0.05, 0) is 48.7 Å². The van der Waals surface area contributed by atoms with E-state index < -0.39 is 10.0 Å². The van der Waals surface area contributed by atoms with E-state index in [0.717, 1.165) is 17.5 Å². The summed E-state index contributed by atoms with van der Waals surface area (Å²) in [5.74, 6) is -0.297. The molecule has 1 amide bonds. The van der Waals surface area contributed by atoms with Crippen molar-refractivity contribution in [2.45, 2.75) is 24.8 Å². The van der Waals surface area contributed by atoms with Crippen LogP contribution in [-0.2, 0) is 23.0 Å². The molecule has 0 radical (unpaired) electrons. The minimum Gasteiger partial charge on any atom is -0.352 e. The fraction of sp³-hybridized carbons (Fsp3) is 0.167. The first kappa shape index (κ1) is 22.4. The highest BCUT2D eigenvalue weighted by Gasteiger charge is 2.14. The van der Waals surface area contributed by atoms with Gasteiger partial charge in [-0.2, -0.15) is 0 Å². The van der Waals surface area contributed by atoms with Crippen molar-refractivity contribution < 1.29 is 18.0 Å². The molecule has 0 bridgehead atoms. The fourth-order valence-corrected chi connectivity index (χ4v) is 3.99. The van der Waals surface area contributed by atoms with Gasteiger partial charge in [0.15, 0.2) is 5.78 Å². The molecule has 0 aliphatic carbocycles. The van der Waals surface area contributed by atoms with Crippen LogP contribution in [0.25, 0.3) is 0 Å². The van der Waals surface area contributed by atoms with Gasteiger partial charge in [0.1, 0.15) is 0 Å². The number of hydrogen-bond donors (Lipinski definition) is 2. The Bertz CT molecular complexity index is 1140. The molecule has 6 nitrogen and oxygen atoms in total. The maximum Gasteiger partial charge on any atom is 0.251 e. The van der Waals surface area contributed by atoms with E-state index in [0.29, 0.717) is 17.7 Å². The van der Waals surface area contributed by atoms with Crippen LogP contribution in [0.15, 0.2) is 83.8 Å². The Labute approximate surface area is 182 Å². The van der Waals surface area contributed by atoms with Crippen LogP contribution in [0.5, 0.6) is 0 Å². The van der Waals surface area contributed by atoms with Crippen molar-refractivity contribution >= 4 is 21.7 Å². The molecular weight excluding hydrogens is 412 g/mol. The Morgan fingerprint density at radius 3 is 2.00 bits per heavy atom. The first-order chi connectivity index (χ1) is 14.8. The molecule has 0 atom stereocenters. The minimum absolute atomic E-state index is 0.0897. The standard InChI is InChI=1S/C24H24N2O4S/c1-18(27)21-11-13-23(14-12-21)31(29,30)26-17-20-7-9-22(10-8-20)24(28)25-16-15-19-5-3-2-4-6-19/h2-14,26H,15-17H2,1H3,(H,25,28). The van der Waals surface area contributed by atoms with E-state index in [1.165, 1.54) is 31.2 Å². The first-order valence-electron chi connectivity index (χ1n) is 9.87. The minimum atomic E-state index is -3.71. The molecule has 0 fully saturated rings. The van der Waals surface area contributed by atoms with E-state index in [9.17, 15) is 18.0 Å². The summed E-state index contributed by atoms with van der Waals surface area (Å²) in [6.07, 6.45) is 0.750. The van der Waals surface area contributed by atoms with Gasteiger partial charge in [0.25, 0.3) is 5.91 Å². The van der Waals surface area contributed by atoms with Gasteiger partial charge in [0.2, 0.25) is 10.0 Å². The molecule has 0 unspecified atom stereocenters. The molecule has 3 aromatic carbocycles. The average Bonchev–Trinajstić information content (AvgIpc) is 2.79. The van der Waals surface area contributed by atoms with Crippen LogP contribution in [0.1, 0.15) is 38.8 Å². The smallest absolute Gasteiger partial charge is 0.251 e. The van der Waals surface area contributed by atoms with Gasteiger partial charge in [-0.25, -0.2) is 13.1 Å². The van der Waals surface area contributed by atoms with E-state index in [1.807, 2.05) is 30.3 Å². The van der Waals surface area contributed by atoms with Crippen LogP contribution in [-0.4, -0.2) is 26.7 Å². The predicted molar refractivity (Wildman–Crippen MR) is 119 cm³/mol. The van der Waals surface area contributed by atoms with Gasteiger partial charge in [-0.15, -0.1) is 0 Å². The van der Waals surface area contributed by atoms with Crippen molar-refractivity contribution in [3.8, 4) is 0 Å². The largest absolute Gasteiger partial charge is 0.352 e. The number of carbonyl (C=O) groups excluding carboxylic acids is 2. The van der Waals surface area contributed by atoms with E-state index in [1.54, 1.807) is 24.3 Å². The predicted octanol–water partition coefficient (Wildman–Crippen LogP) is 3.34. The highest BCUT2D eigenvalue weighted by atomic mass is 32.2. The third-order valence-corrected chi connectivity index (χ3v) is 6.21. The molecule has 7 heteroatoms. The topological polar surface area (TPSA) is 92.3 Å². The molecule has 0 aromatic heterocycles. The summed E-state index contributed by atoms with van der Waals surface area (Å²) in [4.78, 5) is 23.7. The molecule has 0 spiro atoms. The van der Waals surface area contributed by atoms with Crippen LogP contribution < -0.4 is 10.0 Å². The zero-order valence-electron chi connectivity index (χ0n) is 17.2. The van der Waals surface area contributed by atoms with Crippen molar-refractivity contribution in [2.24, 2.45) is 0 Å². The van der Waals surface area contributed by atoms with Gasteiger partial charge >= 0.3 is 0 Å². The van der Waals surface area contributed by atoms with Crippen molar-refractivity contribution in [3.63, 3.8) is 0 Å². The molecule has 0 saturated carbocycles. The molecular formula is C24H24N2O4S. The maximum absolute atomic E-state index is 12.4.